The van der Waals surface area contributed by atoms with Gasteiger partial charge < -0.3 is 14.5 Å². The van der Waals surface area contributed by atoms with Crippen LogP contribution < -0.4 is 15.7 Å². The van der Waals surface area contributed by atoms with E-state index in [1.807, 2.05) is 13.8 Å². The van der Waals surface area contributed by atoms with Gasteiger partial charge >= 0.3 is 5.63 Å². The van der Waals surface area contributed by atoms with Gasteiger partial charge in [0.25, 0.3) is 5.91 Å². The maximum Gasteiger partial charge on any atom is 0.336 e. The lowest BCUT2D eigenvalue weighted by Crippen LogP contribution is -2.40. The Hall–Kier alpha value is -2.30. The first kappa shape index (κ1) is 14.1. The largest absolute Gasteiger partial charge is 0.481 e. The van der Waals surface area contributed by atoms with Gasteiger partial charge in [0.1, 0.15) is 11.3 Å². The number of rotatable bonds is 4. The molecule has 1 heterocycles. The molecule has 1 aromatic carbocycles. The summed E-state index contributed by atoms with van der Waals surface area (Å²) in [5.74, 6) is 0.299. The Labute approximate surface area is 116 Å². The molecule has 1 N–H and O–H groups in total. The highest BCUT2D eigenvalue weighted by molar-refractivity contribution is 5.81. The van der Waals surface area contributed by atoms with E-state index in [4.69, 9.17) is 9.15 Å². The third-order valence-corrected chi connectivity index (χ3v) is 2.71. The molecule has 5 nitrogen and oxygen atoms in total. The number of hydrogen-bond donors (Lipinski definition) is 1. The lowest BCUT2D eigenvalue weighted by atomic mass is 10.2. The molecule has 0 bridgehead atoms. The van der Waals surface area contributed by atoms with Crippen LogP contribution in [0.4, 0.5) is 0 Å². The number of benzene rings is 1. The summed E-state index contributed by atoms with van der Waals surface area (Å²) in [6.45, 7) is 5.44. The zero-order chi connectivity index (χ0) is 14.7. The Bertz CT molecular complexity index is 675. The zero-order valence-electron chi connectivity index (χ0n) is 11.7. The van der Waals surface area contributed by atoms with Crippen molar-refractivity contribution >= 4 is 16.9 Å². The molecule has 0 aliphatic rings. The molecular weight excluding hydrogens is 258 g/mol. The zero-order valence-corrected chi connectivity index (χ0v) is 11.7. The average molecular weight is 275 g/mol. The number of fused-ring (bicyclic) bond motifs is 1. The van der Waals surface area contributed by atoms with Crippen LogP contribution >= 0.6 is 0 Å². The van der Waals surface area contributed by atoms with Crippen molar-refractivity contribution in [1.29, 1.82) is 0 Å². The summed E-state index contributed by atoms with van der Waals surface area (Å²) in [7, 11) is 0. The van der Waals surface area contributed by atoms with E-state index in [0.29, 0.717) is 11.3 Å². The van der Waals surface area contributed by atoms with Crippen LogP contribution in [0.1, 0.15) is 20.8 Å². The van der Waals surface area contributed by atoms with E-state index in [1.54, 1.807) is 31.2 Å². The van der Waals surface area contributed by atoms with E-state index in [9.17, 15) is 9.59 Å². The maximum atomic E-state index is 11.8. The molecule has 106 valence electrons. The minimum atomic E-state index is -0.620. The lowest BCUT2D eigenvalue weighted by molar-refractivity contribution is -0.127. The van der Waals surface area contributed by atoms with Crippen molar-refractivity contribution in [2.45, 2.75) is 32.9 Å². The Balaban J connectivity index is 2.17. The summed E-state index contributed by atoms with van der Waals surface area (Å²) in [5.41, 5.74) is 0.0201. The molecule has 1 amide bonds. The molecule has 0 spiro atoms. The first-order valence-corrected chi connectivity index (χ1v) is 6.46. The number of ether oxygens (including phenoxy) is 1. The van der Waals surface area contributed by atoms with Crippen LogP contribution in [0.5, 0.6) is 5.75 Å². The van der Waals surface area contributed by atoms with Crippen LogP contribution in [0.2, 0.25) is 0 Å². The second-order valence-electron chi connectivity index (χ2n) is 4.88. The normalized spacial score (nSPS) is 12.4. The van der Waals surface area contributed by atoms with Gasteiger partial charge in [0.05, 0.1) is 0 Å². The van der Waals surface area contributed by atoms with Crippen molar-refractivity contribution in [3.63, 3.8) is 0 Å². The number of amides is 1. The summed E-state index contributed by atoms with van der Waals surface area (Å²) in [6, 6.07) is 8.22. The Kier molecular flexibility index (Phi) is 4.08. The Morgan fingerprint density at radius 3 is 2.60 bits per heavy atom. The summed E-state index contributed by atoms with van der Waals surface area (Å²) in [4.78, 5) is 22.9. The molecule has 1 unspecified atom stereocenters. The van der Waals surface area contributed by atoms with Gasteiger partial charge in [-0.25, -0.2) is 4.79 Å². The number of carbonyl (C=O) groups excluding carboxylic acids is 1. The molecule has 1 atom stereocenters. The molecule has 0 aliphatic carbocycles. The van der Waals surface area contributed by atoms with Crippen LogP contribution in [0.3, 0.4) is 0 Å². The highest BCUT2D eigenvalue weighted by Gasteiger charge is 2.15. The molecule has 1 aromatic heterocycles. The van der Waals surface area contributed by atoms with E-state index in [-0.39, 0.29) is 11.9 Å². The second-order valence-corrected chi connectivity index (χ2v) is 4.88. The van der Waals surface area contributed by atoms with Crippen LogP contribution in [0.25, 0.3) is 11.0 Å². The molecule has 0 fully saturated rings. The molecule has 2 rings (SSSR count). The fourth-order valence-corrected chi connectivity index (χ4v) is 1.77. The molecular formula is C15H17NO4. The summed E-state index contributed by atoms with van der Waals surface area (Å²) in [5, 5.41) is 3.57. The van der Waals surface area contributed by atoms with E-state index >= 15 is 0 Å². The fraction of sp³-hybridized carbons (Fsp3) is 0.333. The van der Waals surface area contributed by atoms with Crippen LogP contribution in [-0.4, -0.2) is 18.1 Å². The van der Waals surface area contributed by atoms with E-state index in [1.165, 1.54) is 6.07 Å². The smallest absolute Gasteiger partial charge is 0.336 e. The summed E-state index contributed by atoms with van der Waals surface area (Å²) >= 11 is 0. The van der Waals surface area contributed by atoms with Gasteiger partial charge in [0.15, 0.2) is 6.10 Å². The average Bonchev–Trinajstić information content (AvgIpc) is 2.37. The van der Waals surface area contributed by atoms with Gasteiger partial charge in [-0.2, -0.15) is 0 Å². The highest BCUT2D eigenvalue weighted by Crippen LogP contribution is 2.20. The quantitative estimate of drug-likeness (QED) is 0.867. The number of carbonyl (C=O) groups is 1. The van der Waals surface area contributed by atoms with Crippen LogP contribution in [0.15, 0.2) is 39.5 Å². The van der Waals surface area contributed by atoms with Crippen molar-refractivity contribution < 1.29 is 13.9 Å². The molecule has 0 aliphatic heterocycles. The second kappa shape index (κ2) is 5.77. The summed E-state index contributed by atoms with van der Waals surface area (Å²) < 4.78 is 10.6. The van der Waals surface area contributed by atoms with Crippen molar-refractivity contribution in [2.24, 2.45) is 0 Å². The molecule has 0 radical (unpaired) electrons. The minimum absolute atomic E-state index is 0.0585. The molecule has 2 aromatic rings. The molecule has 0 saturated carbocycles. The van der Waals surface area contributed by atoms with E-state index < -0.39 is 11.7 Å². The van der Waals surface area contributed by atoms with Gasteiger partial charge in [0.2, 0.25) is 0 Å². The Morgan fingerprint density at radius 2 is 1.90 bits per heavy atom. The Morgan fingerprint density at radius 1 is 1.20 bits per heavy atom. The van der Waals surface area contributed by atoms with E-state index in [2.05, 4.69) is 5.32 Å². The topological polar surface area (TPSA) is 68.5 Å². The SMILES string of the molecule is CC(C)NC(=O)C(C)Oc1ccc2ccc(=O)oc2c1. The monoisotopic (exact) mass is 275 g/mol. The number of nitrogens with one attached hydrogen (secondary N) is 1. The predicted molar refractivity (Wildman–Crippen MR) is 75.9 cm³/mol. The van der Waals surface area contributed by atoms with Crippen molar-refractivity contribution in [2.75, 3.05) is 0 Å². The minimum Gasteiger partial charge on any atom is -0.481 e. The van der Waals surface area contributed by atoms with Crippen LogP contribution in [0, 0.1) is 0 Å². The highest BCUT2D eigenvalue weighted by atomic mass is 16.5. The number of hydrogen-bond acceptors (Lipinski definition) is 4. The van der Waals surface area contributed by atoms with Gasteiger partial charge in [-0.3, -0.25) is 4.79 Å². The first-order valence-electron chi connectivity index (χ1n) is 6.46. The molecule has 20 heavy (non-hydrogen) atoms. The lowest BCUT2D eigenvalue weighted by Gasteiger charge is -2.16. The third kappa shape index (κ3) is 3.38. The molecule has 0 saturated heterocycles. The molecule has 5 heteroatoms. The fourth-order valence-electron chi connectivity index (χ4n) is 1.77. The van der Waals surface area contributed by atoms with Gasteiger partial charge in [-0.1, -0.05) is 0 Å². The van der Waals surface area contributed by atoms with Gasteiger partial charge in [-0.05, 0) is 39.0 Å². The van der Waals surface area contributed by atoms with Gasteiger partial charge in [-0.15, -0.1) is 0 Å². The standard InChI is InChI=1S/C15H17NO4/c1-9(2)16-15(18)10(3)19-12-6-4-11-5-7-14(17)20-13(11)8-12/h4-10H,1-3H3,(H,16,18). The first-order chi connectivity index (χ1) is 9.45. The summed E-state index contributed by atoms with van der Waals surface area (Å²) in [6.07, 6.45) is -0.620. The van der Waals surface area contributed by atoms with E-state index in [0.717, 1.165) is 5.39 Å². The van der Waals surface area contributed by atoms with Crippen molar-refractivity contribution in [3.8, 4) is 5.75 Å². The van der Waals surface area contributed by atoms with Crippen LogP contribution in [-0.2, 0) is 4.79 Å². The maximum absolute atomic E-state index is 11.8. The van der Waals surface area contributed by atoms with Crippen molar-refractivity contribution in [3.05, 3.63) is 40.8 Å². The van der Waals surface area contributed by atoms with Gasteiger partial charge in [0, 0.05) is 23.6 Å². The predicted octanol–water partition coefficient (Wildman–Crippen LogP) is 2.08. The van der Waals surface area contributed by atoms with Crippen molar-refractivity contribution in [1.82, 2.24) is 5.32 Å². The third-order valence-electron chi connectivity index (χ3n) is 2.71.